The van der Waals surface area contributed by atoms with Crippen molar-refractivity contribution in [1.82, 2.24) is 5.32 Å². The highest BCUT2D eigenvalue weighted by molar-refractivity contribution is 8.15. The Balaban J connectivity index is 1.24. The maximum Gasteiger partial charge on any atom is 0.339 e. The summed E-state index contributed by atoms with van der Waals surface area (Å²) in [6, 6.07) is 6.67. The second kappa shape index (κ2) is 7.97. The molecule has 0 spiro atoms. The second-order valence-corrected chi connectivity index (χ2v) is 10.6. The van der Waals surface area contributed by atoms with E-state index in [1.165, 1.54) is 38.1 Å². The molecule has 5 aliphatic rings. The van der Waals surface area contributed by atoms with Gasteiger partial charge in [-0.1, -0.05) is 23.9 Å². The number of carbonyl (C=O) groups is 3. The van der Waals surface area contributed by atoms with Gasteiger partial charge in [0.2, 0.25) is 11.8 Å². The molecule has 2 amide bonds. The molecule has 4 saturated carbocycles. The summed E-state index contributed by atoms with van der Waals surface area (Å²) in [6.45, 7) is 0. The van der Waals surface area contributed by atoms with Crippen LogP contribution in [0.15, 0.2) is 29.3 Å². The number of methoxy groups -OCH3 is 1. The molecule has 8 heteroatoms. The average molecular weight is 442 g/mol. The third-order valence-electron chi connectivity index (χ3n) is 7.10. The smallest absolute Gasteiger partial charge is 0.339 e. The van der Waals surface area contributed by atoms with Crippen LogP contribution in [-0.4, -0.2) is 40.8 Å². The van der Waals surface area contributed by atoms with Crippen LogP contribution in [0.25, 0.3) is 0 Å². The minimum Gasteiger partial charge on any atom is -0.465 e. The van der Waals surface area contributed by atoms with Crippen LogP contribution in [0.4, 0.5) is 5.69 Å². The SMILES string of the molecule is COC(=O)c1ccccc1NC(=O)CC1SC(=NC23CC4CC(CC(C4)C2)C3)NC1=O. The summed E-state index contributed by atoms with van der Waals surface area (Å²) in [7, 11) is 1.30. The molecule has 4 aliphatic carbocycles. The first-order valence-electron chi connectivity index (χ1n) is 11.0. The number of hydrogen-bond donors (Lipinski definition) is 2. The summed E-state index contributed by atoms with van der Waals surface area (Å²) in [5, 5.41) is 5.80. The van der Waals surface area contributed by atoms with Gasteiger partial charge in [-0.25, -0.2) is 4.79 Å². The van der Waals surface area contributed by atoms with Gasteiger partial charge in [0, 0.05) is 6.42 Å². The van der Waals surface area contributed by atoms with Crippen LogP contribution in [0.3, 0.4) is 0 Å². The number of benzene rings is 1. The normalized spacial score (nSPS) is 34.6. The molecule has 2 N–H and O–H groups in total. The second-order valence-electron chi connectivity index (χ2n) is 9.44. The van der Waals surface area contributed by atoms with E-state index < -0.39 is 11.2 Å². The van der Waals surface area contributed by atoms with E-state index in [9.17, 15) is 14.4 Å². The van der Waals surface area contributed by atoms with E-state index in [1.807, 2.05) is 0 Å². The molecular formula is C23H27N3O4S. The van der Waals surface area contributed by atoms with Crippen LogP contribution < -0.4 is 10.6 Å². The van der Waals surface area contributed by atoms with Gasteiger partial charge < -0.3 is 15.4 Å². The van der Waals surface area contributed by atoms with Crippen molar-refractivity contribution >= 4 is 40.4 Å². The van der Waals surface area contributed by atoms with Crippen molar-refractivity contribution in [3.8, 4) is 0 Å². The van der Waals surface area contributed by atoms with E-state index >= 15 is 0 Å². The Hall–Kier alpha value is -2.35. The molecular weight excluding hydrogens is 414 g/mol. The highest BCUT2D eigenvalue weighted by atomic mass is 32.2. The summed E-state index contributed by atoms with van der Waals surface area (Å²) in [5.74, 6) is 1.34. The molecule has 5 fully saturated rings. The number of nitrogens with one attached hydrogen (secondary N) is 2. The lowest BCUT2D eigenvalue weighted by atomic mass is 9.53. The van der Waals surface area contributed by atoms with E-state index in [-0.39, 0.29) is 29.3 Å². The molecule has 1 aromatic carbocycles. The largest absolute Gasteiger partial charge is 0.465 e. The Morgan fingerprint density at radius 3 is 2.45 bits per heavy atom. The topological polar surface area (TPSA) is 96.9 Å². The number of esters is 1. The summed E-state index contributed by atoms with van der Waals surface area (Å²) in [4.78, 5) is 42.1. The molecule has 4 bridgehead atoms. The fourth-order valence-electron chi connectivity index (χ4n) is 6.26. The lowest BCUT2D eigenvalue weighted by Crippen LogP contribution is -2.50. The van der Waals surface area contributed by atoms with E-state index in [2.05, 4.69) is 10.6 Å². The number of amidine groups is 1. The van der Waals surface area contributed by atoms with E-state index in [0.717, 1.165) is 37.0 Å². The average Bonchev–Trinajstić information content (AvgIpc) is 3.04. The zero-order valence-corrected chi connectivity index (χ0v) is 18.4. The van der Waals surface area contributed by atoms with E-state index in [4.69, 9.17) is 9.73 Å². The van der Waals surface area contributed by atoms with Crippen molar-refractivity contribution in [3.63, 3.8) is 0 Å². The number of ether oxygens (including phenoxy) is 1. The van der Waals surface area contributed by atoms with Gasteiger partial charge in [-0.2, -0.15) is 0 Å². The molecule has 164 valence electrons. The number of anilines is 1. The molecule has 1 aliphatic heterocycles. The van der Waals surface area contributed by atoms with Gasteiger partial charge in [0.1, 0.15) is 5.25 Å². The molecule has 31 heavy (non-hydrogen) atoms. The number of amides is 2. The molecule has 1 unspecified atom stereocenters. The number of carbonyl (C=O) groups excluding carboxylic acids is 3. The van der Waals surface area contributed by atoms with Gasteiger partial charge in [0.25, 0.3) is 0 Å². The van der Waals surface area contributed by atoms with Crippen LogP contribution in [-0.2, 0) is 14.3 Å². The monoisotopic (exact) mass is 441 g/mol. The first-order valence-corrected chi connectivity index (χ1v) is 11.9. The predicted octanol–water partition coefficient (Wildman–Crippen LogP) is 3.36. The lowest BCUT2D eigenvalue weighted by Gasteiger charge is -2.55. The highest BCUT2D eigenvalue weighted by Gasteiger charge is 2.51. The Morgan fingerprint density at radius 1 is 1.16 bits per heavy atom. The molecule has 6 rings (SSSR count). The van der Waals surface area contributed by atoms with Gasteiger partial charge in [-0.15, -0.1) is 0 Å². The van der Waals surface area contributed by atoms with Crippen molar-refractivity contribution in [1.29, 1.82) is 0 Å². The van der Waals surface area contributed by atoms with Crippen LogP contribution >= 0.6 is 11.8 Å². The zero-order chi connectivity index (χ0) is 21.6. The van der Waals surface area contributed by atoms with E-state index in [0.29, 0.717) is 10.9 Å². The Labute approximate surface area is 185 Å². The first-order chi connectivity index (χ1) is 14.9. The number of thioether (sulfide) groups is 1. The van der Waals surface area contributed by atoms with Crippen LogP contribution in [0, 0.1) is 17.8 Å². The summed E-state index contributed by atoms with van der Waals surface area (Å²) < 4.78 is 4.76. The molecule has 7 nitrogen and oxygen atoms in total. The van der Waals surface area contributed by atoms with Crippen LogP contribution in [0.1, 0.15) is 55.3 Å². The lowest BCUT2D eigenvalue weighted by molar-refractivity contribution is -0.122. The minimum atomic E-state index is -0.520. The van der Waals surface area contributed by atoms with Crippen molar-refractivity contribution in [2.45, 2.75) is 55.7 Å². The van der Waals surface area contributed by atoms with Gasteiger partial charge >= 0.3 is 5.97 Å². The van der Waals surface area contributed by atoms with Gasteiger partial charge in [-0.3, -0.25) is 14.6 Å². The summed E-state index contributed by atoms with van der Waals surface area (Å²) in [6.07, 6.45) is 7.46. The molecule has 1 saturated heterocycles. The summed E-state index contributed by atoms with van der Waals surface area (Å²) >= 11 is 1.36. The van der Waals surface area contributed by atoms with Gasteiger partial charge in [-0.05, 0) is 68.4 Å². The van der Waals surface area contributed by atoms with Crippen LogP contribution in [0.2, 0.25) is 0 Å². The number of para-hydroxylation sites is 1. The molecule has 0 radical (unpaired) electrons. The third-order valence-corrected chi connectivity index (χ3v) is 8.18. The van der Waals surface area contributed by atoms with Crippen LogP contribution in [0.5, 0.6) is 0 Å². The fourth-order valence-corrected chi connectivity index (χ4v) is 7.34. The standard InChI is InChI=1S/C23H27N3O4S/c1-30-21(29)16-4-2-3-5-17(16)24-19(27)9-18-20(28)25-22(31-18)26-23-10-13-6-14(11-23)8-15(7-13)12-23/h2-5,13-15,18H,6-12H2,1H3,(H,24,27)(H,25,26,28). The molecule has 1 aromatic rings. The Kier molecular flexibility index (Phi) is 5.28. The highest BCUT2D eigenvalue weighted by Crippen LogP contribution is 2.57. The Morgan fingerprint density at radius 2 is 1.81 bits per heavy atom. The maximum absolute atomic E-state index is 12.6. The third kappa shape index (κ3) is 4.10. The number of rotatable bonds is 5. The van der Waals surface area contributed by atoms with Crippen molar-refractivity contribution in [2.24, 2.45) is 22.7 Å². The minimum absolute atomic E-state index is 0.0129. The zero-order valence-electron chi connectivity index (χ0n) is 17.6. The van der Waals surface area contributed by atoms with Gasteiger partial charge in [0.05, 0.1) is 23.9 Å². The molecule has 1 atom stereocenters. The quantitative estimate of drug-likeness (QED) is 0.683. The summed E-state index contributed by atoms with van der Waals surface area (Å²) in [5.41, 5.74) is 0.650. The fraction of sp³-hybridized carbons (Fsp3) is 0.565. The molecule has 1 heterocycles. The van der Waals surface area contributed by atoms with Crippen molar-refractivity contribution < 1.29 is 19.1 Å². The van der Waals surface area contributed by atoms with Gasteiger partial charge in [0.15, 0.2) is 5.17 Å². The number of hydrogen-bond acceptors (Lipinski definition) is 6. The Bertz CT molecular complexity index is 925. The molecule has 0 aromatic heterocycles. The van der Waals surface area contributed by atoms with Crippen molar-refractivity contribution in [2.75, 3.05) is 12.4 Å². The van der Waals surface area contributed by atoms with Crippen molar-refractivity contribution in [3.05, 3.63) is 29.8 Å². The number of nitrogens with zero attached hydrogens (tertiary/aromatic N) is 1. The first kappa shape index (κ1) is 20.5. The maximum atomic E-state index is 12.6. The van der Waals surface area contributed by atoms with E-state index in [1.54, 1.807) is 24.3 Å². The predicted molar refractivity (Wildman–Crippen MR) is 119 cm³/mol. The number of aliphatic imine (C=N–C) groups is 1.